The highest BCUT2D eigenvalue weighted by molar-refractivity contribution is 5.23. The summed E-state index contributed by atoms with van der Waals surface area (Å²) in [5.41, 5.74) is 3.90. The molecule has 0 aliphatic heterocycles. The van der Waals surface area contributed by atoms with Gasteiger partial charge < -0.3 is 4.90 Å². The summed E-state index contributed by atoms with van der Waals surface area (Å²) in [5, 5.41) is 0. The van der Waals surface area contributed by atoms with Gasteiger partial charge in [0.15, 0.2) is 0 Å². The van der Waals surface area contributed by atoms with Crippen LogP contribution < -0.4 is 0 Å². The second kappa shape index (κ2) is 25.5. The lowest BCUT2D eigenvalue weighted by atomic mass is 9.89. The van der Waals surface area contributed by atoms with Crippen LogP contribution in [-0.2, 0) is 0 Å². The summed E-state index contributed by atoms with van der Waals surface area (Å²) < 4.78 is 0. The molecule has 0 aromatic carbocycles. The predicted molar refractivity (Wildman–Crippen MR) is 200 cm³/mol. The molecule has 0 aromatic heterocycles. The summed E-state index contributed by atoms with van der Waals surface area (Å²) in [7, 11) is 0. The lowest BCUT2D eigenvalue weighted by Crippen LogP contribution is -2.27. The molecule has 0 spiro atoms. The van der Waals surface area contributed by atoms with Crippen LogP contribution in [-0.4, -0.2) is 24.5 Å². The van der Waals surface area contributed by atoms with Crippen molar-refractivity contribution < 1.29 is 0 Å². The third-order valence-electron chi connectivity index (χ3n) is 11.4. The fourth-order valence-electron chi connectivity index (χ4n) is 7.80. The first-order chi connectivity index (χ1) is 21.5. The van der Waals surface area contributed by atoms with Crippen molar-refractivity contribution in [1.82, 2.24) is 4.90 Å². The monoisotopic (exact) mass is 612 g/mol. The molecule has 1 nitrogen and oxygen atoms in total. The molecule has 1 heteroatoms. The van der Waals surface area contributed by atoms with E-state index in [1.807, 2.05) is 0 Å². The van der Waals surface area contributed by atoms with E-state index in [9.17, 15) is 0 Å². The molecule has 0 amide bonds. The van der Waals surface area contributed by atoms with Gasteiger partial charge in [-0.25, -0.2) is 0 Å². The molecule has 0 heterocycles. The molecule has 2 aliphatic carbocycles. The Morgan fingerprint density at radius 2 is 0.932 bits per heavy atom. The Morgan fingerprint density at radius 3 is 1.43 bits per heavy atom. The van der Waals surface area contributed by atoms with E-state index < -0.39 is 0 Å². The van der Waals surface area contributed by atoms with Crippen molar-refractivity contribution in [1.29, 1.82) is 0 Å². The second-order valence-electron chi connectivity index (χ2n) is 15.8. The van der Waals surface area contributed by atoms with Crippen LogP contribution in [0.1, 0.15) is 213 Å². The van der Waals surface area contributed by atoms with Gasteiger partial charge in [-0.1, -0.05) is 161 Å². The van der Waals surface area contributed by atoms with Crippen molar-refractivity contribution in [3.63, 3.8) is 0 Å². The number of nitrogens with zero attached hydrogens (tertiary/aromatic N) is 1. The van der Waals surface area contributed by atoms with Crippen molar-refractivity contribution in [3.05, 3.63) is 24.3 Å². The minimum atomic E-state index is 0.808. The van der Waals surface area contributed by atoms with Crippen molar-refractivity contribution >= 4 is 0 Å². The Hall–Kier alpha value is -0.560. The van der Waals surface area contributed by atoms with Gasteiger partial charge in [-0.15, -0.1) is 0 Å². The SMILES string of the molecule is C=C(CCCCCCCN(CCCC)CCCCCCCCCC(=C)CC12CC1C2)CCCC(CCCCC)CCCCC. The largest absolute Gasteiger partial charge is 0.303 e. The molecular weight excluding hydrogens is 530 g/mol. The Kier molecular flexibility index (Phi) is 23.0. The molecule has 0 radical (unpaired) electrons. The lowest BCUT2D eigenvalue weighted by Gasteiger charge is -2.22. The molecule has 0 N–H and O–H groups in total. The molecule has 0 unspecified atom stereocenters. The normalized spacial score (nSPS) is 18.7. The molecule has 0 bridgehead atoms. The average Bonchev–Trinajstić information content (AvgIpc) is 3.88. The van der Waals surface area contributed by atoms with Gasteiger partial charge in [0, 0.05) is 0 Å². The van der Waals surface area contributed by atoms with Gasteiger partial charge in [-0.3, -0.25) is 0 Å². The highest BCUT2D eigenvalue weighted by atomic mass is 15.1. The van der Waals surface area contributed by atoms with Gasteiger partial charge in [0.1, 0.15) is 0 Å². The summed E-state index contributed by atoms with van der Waals surface area (Å²) in [6, 6.07) is 0. The summed E-state index contributed by atoms with van der Waals surface area (Å²) in [5.74, 6) is 2.10. The zero-order valence-electron chi connectivity index (χ0n) is 30.9. The standard InChI is InChI=1S/C43H81N/c1-6-9-20-30-41(31-21-10-7-2)32-26-29-39(4)27-22-17-15-19-25-35-44(33-11-8-3)34-24-18-14-12-13-16-23-28-40(5)36-43-37-42(43)38-43/h41-42H,4-38H2,1-3H3. The molecule has 0 aromatic rings. The lowest BCUT2D eigenvalue weighted by molar-refractivity contribution is 0.256. The van der Waals surface area contributed by atoms with E-state index in [4.69, 9.17) is 0 Å². The minimum absolute atomic E-state index is 0.808. The zero-order valence-corrected chi connectivity index (χ0v) is 30.9. The van der Waals surface area contributed by atoms with Gasteiger partial charge >= 0.3 is 0 Å². The Morgan fingerprint density at radius 1 is 0.523 bits per heavy atom. The molecule has 2 aliphatic rings. The minimum Gasteiger partial charge on any atom is -0.303 e. The van der Waals surface area contributed by atoms with Crippen molar-refractivity contribution in [3.8, 4) is 0 Å². The van der Waals surface area contributed by atoms with Crippen LogP contribution >= 0.6 is 0 Å². The second-order valence-corrected chi connectivity index (χ2v) is 15.8. The highest BCUT2D eigenvalue weighted by Gasteiger charge is 2.68. The third kappa shape index (κ3) is 19.8. The van der Waals surface area contributed by atoms with Crippen LogP contribution in [0.3, 0.4) is 0 Å². The highest BCUT2D eigenvalue weighted by Crippen LogP contribution is 2.78. The van der Waals surface area contributed by atoms with Crippen LogP contribution in [0, 0.1) is 17.3 Å². The van der Waals surface area contributed by atoms with Crippen molar-refractivity contribution in [2.75, 3.05) is 19.6 Å². The smallest absolute Gasteiger partial charge is 0.00187 e. The Bertz CT molecular complexity index is 690. The van der Waals surface area contributed by atoms with Crippen molar-refractivity contribution in [2.24, 2.45) is 17.3 Å². The first kappa shape index (κ1) is 39.6. The van der Waals surface area contributed by atoms with Gasteiger partial charge in [0.2, 0.25) is 0 Å². The first-order valence-electron chi connectivity index (χ1n) is 20.6. The molecule has 2 rings (SSSR count). The molecule has 44 heavy (non-hydrogen) atoms. The van der Waals surface area contributed by atoms with E-state index >= 15 is 0 Å². The van der Waals surface area contributed by atoms with Crippen LogP contribution in [0.15, 0.2) is 24.3 Å². The van der Waals surface area contributed by atoms with E-state index in [1.165, 1.54) is 218 Å². The number of unbranched alkanes of at least 4 members (excludes halogenated alkanes) is 15. The van der Waals surface area contributed by atoms with Gasteiger partial charge in [0.05, 0.1) is 0 Å². The number of allylic oxidation sites excluding steroid dienone is 2. The fraction of sp³-hybridized carbons (Fsp3) is 0.907. The summed E-state index contributed by atoms with van der Waals surface area (Å²) >= 11 is 0. The van der Waals surface area contributed by atoms with Crippen LogP contribution in [0.5, 0.6) is 0 Å². The van der Waals surface area contributed by atoms with E-state index in [2.05, 4.69) is 38.8 Å². The topological polar surface area (TPSA) is 3.24 Å². The van der Waals surface area contributed by atoms with Crippen LogP contribution in [0.4, 0.5) is 0 Å². The Balaban J connectivity index is 1.39. The van der Waals surface area contributed by atoms with E-state index in [0.717, 1.165) is 17.3 Å². The summed E-state index contributed by atoms with van der Waals surface area (Å²) in [4.78, 5) is 2.79. The maximum atomic E-state index is 4.46. The van der Waals surface area contributed by atoms with Gasteiger partial charge in [-0.05, 0) is 114 Å². The fourth-order valence-corrected chi connectivity index (χ4v) is 7.80. The number of fused-ring (bicyclic) bond motifs is 1. The number of hydrogen-bond donors (Lipinski definition) is 0. The molecule has 0 atom stereocenters. The van der Waals surface area contributed by atoms with Gasteiger partial charge in [0.25, 0.3) is 0 Å². The zero-order chi connectivity index (χ0) is 31.7. The number of rotatable bonds is 35. The average molecular weight is 612 g/mol. The summed E-state index contributed by atoms with van der Waals surface area (Å²) in [6.45, 7) is 19.8. The van der Waals surface area contributed by atoms with Crippen LogP contribution in [0.25, 0.3) is 0 Å². The molecule has 2 saturated carbocycles. The van der Waals surface area contributed by atoms with Crippen LogP contribution in [0.2, 0.25) is 0 Å². The Labute approximate surface area is 278 Å². The molecule has 2 fully saturated rings. The molecular formula is C43H81N. The van der Waals surface area contributed by atoms with E-state index in [0.29, 0.717) is 0 Å². The van der Waals surface area contributed by atoms with Gasteiger partial charge in [-0.2, -0.15) is 0 Å². The molecule has 258 valence electrons. The third-order valence-corrected chi connectivity index (χ3v) is 11.4. The molecule has 0 saturated heterocycles. The quantitative estimate of drug-likeness (QED) is 0.0509. The predicted octanol–water partition coefficient (Wildman–Crippen LogP) is 14.4. The maximum absolute atomic E-state index is 4.46. The maximum Gasteiger partial charge on any atom is -0.00187 e. The van der Waals surface area contributed by atoms with Crippen molar-refractivity contribution in [2.45, 2.75) is 213 Å². The van der Waals surface area contributed by atoms with E-state index in [-0.39, 0.29) is 0 Å². The number of hydrogen-bond acceptors (Lipinski definition) is 1. The van der Waals surface area contributed by atoms with E-state index in [1.54, 1.807) is 5.57 Å². The first-order valence-corrected chi connectivity index (χ1v) is 20.6. The summed E-state index contributed by atoms with van der Waals surface area (Å²) in [6.07, 6.45) is 42.1.